The zero-order valence-corrected chi connectivity index (χ0v) is 15.7. The molecule has 0 bridgehead atoms. The van der Waals surface area contributed by atoms with Crippen LogP contribution < -0.4 is 5.32 Å². The molecule has 0 aromatic heterocycles. The van der Waals surface area contributed by atoms with E-state index in [1.165, 1.54) is 18.9 Å². The van der Waals surface area contributed by atoms with Gasteiger partial charge in [-0.25, -0.2) is 0 Å². The van der Waals surface area contributed by atoms with Gasteiger partial charge in [-0.15, -0.1) is 11.8 Å². The molecule has 0 aliphatic heterocycles. The van der Waals surface area contributed by atoms with Gasteiger partial charge in [0.25, 0.3) is 5.91 Å². The van der Waals surface area contributed by atoms with Crippen LogP contribution in [0, 0.1) is 3.57 Å². The second-order valence-corrected chi connectivity index (χ2v) is 7.37. The molecule has 0 saturated heterocycles. The number of benzene rings is 2. The third-order valence-corrected chi connectivity index (χ3v) is 4.95. The number of hydrogen-bond acceptors (Lipinski definition) is 4. The van der Waals surface area contributed by atoms with E-state index in [0.29, 0.717) is 5.56 Å². The van der Waals surface area contributed by atoms with Gasteiger partial charge in [0, 0.05) is 14.2 Å². The van der Waals surface area contributed by atoms with E-state index in [0.717, 1.165) is 14.2 Å². The molecule has 1 N–H and O–H groups in total. The fourth-order valence-electron chi connectivity index (χ4n) is 1.89. The molecule has 120 valence electrons. The van der Waals surface area contributed by atoms with E-state index < -0.39 is 0 Å². The maximum Gasteiger partial charge on any atom is 0.318 e. The summed E-state index contributed by atoms with van der Waals surface area (Å²) in [6.45, 7) is 1.75. The number of amides is 1. The van der Waals surface area contributed by atoms with E-state index in [-0.39, 0.29) is 17.1 Å². The highest BCUT2D eigenvalue weighted by atomic mass is 127. The van der Waals surface area contributed by atoms with Gasteiger partial charge in [0.1, 0.15) is 5.25 Å². The number of halogens is 1. The third kappa shape index (κ3) is 4.97. The molecule has 0 aliphatic carbocycles. The number of rotatable bonds is 5. The number of carbonyl (C=O) groups excluding carboxylic acids is 2. The molecule has 0 radical (unpaired) electrons. The highest BCUT2D eigenvalue weighted by Gasteiger charge is 2.19. The lowest BCUT2D eigenvalue weighted by Gasteiger charge is -2.13. The Balaban J connectivity index is 2.17. The Kier molecular flexibility index (Phi) is 6.47. The summed E-state index contributed by atoms with van der Waals surface area (Å²) in [4.78, 5) is 24.8. The van der Waals surface area contributed by atoms with Crippen molar-refractivity contribution in [3.63, 3.8) is 0 Å². The van der Waals surface area contributed by atoms with E-state index in [9.17, 15) is 9.59 Å². The Labute approximate surface area is 153 Å². The third-order valence-electron chi connectivity index (χ3n) is 3.07. The van der Waals surface area contributed by atoms with Crippen LogP contribution in [0.5, 0.6) is 0 Å². The molecule has 0 fully saturated rings. The molecule has 0 spiro atoms. The fourth-order valence-corrected chi connectivity index (χ4v) is 3.27. The quantitative estimate of drug-likeness (QED) is 0.430. The predicted octanol–water partition coefficient (Wildman–Crippen LogP) is 4.20. The minimum absolute atomic E-state index is 0.202. The Morgan fingerprint density at radius 1 is 1.13 bits per heavy atom. The van der Waals surface area contributed by atoms with E-state index in [1.807, 2.05) is 36.4 Å². The molecule has 1 amide bonds. The summed E-state index contributed by atoms with van der Waals surface area (Å²) >= 11 is 3.52. The normalized spacial score (nSPS) is 11.6. The average molecular weight is 441 g/mol. The first-order valence-corrected chi connectivity index (χ1v) is 8.87. The summed E-state index contributed by atoms with van der Waals surface area (Å²) < 4.78 is 5.83. The number of hydrogen-bond donors (Lipinski definition) is 1. The molecule has 6 heteroatoms. The van der Waals surface area contributed by atoms with E-state index in [2.05, 4.69) is 27.9 Å². The minimum Gasteiger partial charge on any atom is -0.468 e. The van der Waals surface area contributed by atoms with Crippen LogP contribution >= 0.6 is 34.4 Å². The van der Waals surface area contributed by atoms with Crippen molar-refractivity contribution in [2.24, 2.45) is 0 Å². The first-order valence-electron chi connectivity index (χ1n) is 6.91. The minimum atomic E-state index is -0.382. The zero-order chi connectivity index (χ0) is 16.8. The van der Waals surface area contributed by atoms with E-state index >= 15 is 0 Å². The largest absolute Gasteiger partial charge is 0.468 e. The summed E-state index contributed by atoms with van der Waals surface area (Å²) in [5.74, 6) is -0.519. The molecule has 23 heavy (non-hydrogen) atoms. The lowest BCUT2D eigenvalue weighted by atomic mass is 10.2. The fraction of sp³-hybridized carbons (Fsp3) is 0.176. The first-order chi connectivity index (χ1) is 11.0. The van der Waals surface area contributed by atoms with Crippen LogP contribution in [0.3, 0.4) is 0 Å². The van der Waals surface area contributed by atoms with Crippen molar-refractivity contribution in [1.29, 1.82) is 0 Å². The Morgan fingerprint density at radius 3 is 2.43 bits per heavy atom. The van der Waals surface area contributed by atoms with Crippen molar-refractivity contribution in [2.75, 3.05) is 12.4 Å². The summed E-state index contributed by atoms with van der Waals surface area (Å²) in [6.07, 6.45) is 0. The van der Waals surface area contributed by atoms with Crippen LogP contribution in [-0.4, -0.2) is 24.2 Å². The highest BCUT2D eigenvalue weighted by Crippen LogP contribution is 2.28. The first kappa shape index (κ1) is 17.8. The van der Waals surface area contributed by atoms with Crippen molar-refractivity contribution in [1.82, 2.24) is 0 Å². The van der Waals surface area contributed by atoms with Crippen LogP contribution in [0.1, 0.15) is 17.3 Å². The second kappa shape index (κ2) is 8.35. The Morgan fingerprint density at radius 2 is 1.78 bits per heavy atom. The van der Waals surface area contributed by atoms with Gasteiger partial charge in [-0.05, 0) is 65.9 Å². The van der Waals surface area contributed by atoms with Crippen molar-refractivity contribution >= 4 is 51.9 Å². The standard InChI is InChI=1S/C17H16INO3S/c1-11(17(21)22-2)23-15-6-4-3-5-14(15)16(20)19-13-9-7-12(18)8-10-13/h3-11H,1-2H3,(H,19,20). The van der Waals surface area contributed by atoms with Gasteiger partial charge >= 0.3 is 5.97 Å². The average Bonchev–Trinajstić information content (AvgIpc) is 2.56. The van der Waals surface area contributed by atoms with Gasteiger partial charge in [0.2, 0.25) is 0 Å². The maximum atomic E-state index is 12.5. The molecule has 0 aliphatic rings. The van der Waals surface area contributed by atoms with Gasteiger partial charge in [0.15, 0.2) is 0 Å². The number of carbonyl (C=O) groups is 2. The number of anilines is 1. The molecule has 4 nitrogen and oxygen atoms in total. The number of nitrogens with one attached hydrogen (secondary N) is 1. The van der Waals surface area contributed by atoms with Gasteiger partial charge in [-0.1, -0.05) is 12.1 Å². The zero-order valence-electron chi connectivity index (χ0n) is 12.7. The summed E-state index contributed by atoms with van der Waals surface area (Å²) in [5.41, 5.74) is 1.27. The predicted molar refractivity (Wildman–Crippen MR) is 101 cm³/mol. The smallest absolute Gasteiger partial charge is 0.318 e. The van der Waals surface area contributed by atoms with Crippen LogP contribution in [-0.2, 0) is 9.53 Å². The monoisotopic (exact) mass is 441 g/mol. The summed E-state index contributed by atoms with van der Waals surface area (Å²) in [5, 5.41) is 2.49. The molecule has 2 rings (SSSR count). The van der Waals surface area contributed by atoms with Gasteiger partial charge in [-0.3, -0.25) is 9.59 Å². The van der Waals surface area contributed by atoms with Crippen molar-refractivity contribution in [3.8, 4) is 0 Å². The van der Waals surface area contributed by atoms with Gasteiger partial charge in [-0.2, -0.15) is 0 Å². The van der Waals surface area contributed by atoms with Crippen LogP contribution in [0.25, 0.3) is 0 Å². The van der Waals surface area contributed by atoms with Crippen molar-refractivity contribution in [2.45, 2.75) is 17.1 Å². The topological polar surface area (TPSA) is 55.4 Å². The second-order valence-electron chi connectivity index (χ2n) is 4.74. The maximum absolute atomic E-state index is 12.5. The van der Waals surface area contributed by atoms with Crippen LogP contribution in [0.15, 0.2) is 53.4 Å². The molecule has 0 heterocycles. The van der Waals surface area contributed by atoms with Crippen molar-refractivity contribution < 1.29 is 14.3 Å². The highest BCUT2D eigenvalue weighted by molar-refractivity contribution is 14.1. The lowest BCUT2D eigenvalue weighted by molar-refractivity contribution is -0.139. The molecule has 1 unspecified atom stereocenters. The van der Waals surface area contributed by atoms with Crippen LogP contribution in [0.2, 0.25) is 0 Å². The summed E-state index contributed by atoms with van der Waals surface area (Å²) in [7, 11) is 1.36. The Bertz CT molecular complexity index is 703. The number of ether oxygens (including phenoxy) is 1. The van der Waals surface area contributed by atoms with E-state index in [1.54, 1.807) is 19.1 Å². The Hall–Kier alpha value is -1.54. The number of methoxy groups -OCH3 is 1. The van der Waals surface area contributed by atoms with E-state index in [4.69, 9.17) is 4.74 Å². The molecule has 2 aromatic carbocycles. The van der Waals surface area contributed by atoms with Gasteiger partial charge < -0.3 is 10.1 Å². The molecule has 0 saturated carbocycles. The van der Waals surface area contributed by atoms with Crippen LogP contribution in [0.4, 0.5) is 5.69 Å². The van der Waals surface area contributed by atoms with Gasteiger partial charge in [0.05, 0.1) is 12.7 Å². The molecule has 1 atom stereocenters. The molecular weight excluding hydrogens is 425 g/mol. The summed E-state index contributed by atoms with van der Waals surface area (Å²) in [6, 6.07) is 14.8. The number of esters is 1. The lowest BCUT2D eigenvalue weighted by Crippen LogP contribution is -2.17. The molecular formula is C17H16INO3S. The number of thioether (sulfide) groups is 1. The SMILES string of the molecule is COC(=O)C(C)Sc1ccccc1C(=O)Nc1ccc(I)cc1. The van der Waals surface area contributed by atoms with Crippen molar-refractivity contribution in [3.05, 3.63) is 57.7 Å². The molecule has 2 aromatic rings.